The normalized spacial score (nSPS) is 15.9. The third-order valence-electron chi connectivity index (χ3n) is 6.23. The third kappa shape index (κ3) is 4.70. The van der Waals surface area contributed by atoms with Crippen LogP contribution in [0.25, 0.3) is 11.2 Å². The molecule has 1 saturated heterocycles. The van der Waals surface area contributed by atoms with E-state index in [1.54, 1.807) is 0 Å². The summed E-state index contributed by atoms with van der Waals surface area (Å²) in [6.45, 7) is 6.26. The molecule has 1 unspecified atom stereocenters. The van der Waals surface area contributed by atoms with Crippen molar-refractivity contribution in [1.82, 2.24) is 18.7 Å². The van der Waals surface area contributed by atoms with Gasteiger partial charge < -0.3 is 15.2 Å². The Hall–Kier alpha value is -3.57. The summed E-state index contributed by atoms with van der Waals surface area (Å²) in [5.74, 6) is 3.21. The third-order valence-corrected chi connectivity index (χ3v) is 6.23. The molecule has 0 aliphatic carbocycles. The fourth-order valence-electron chi connectivity index (χ4n) is 4.48. The van der Waals surface area contributed by atoms with Crippen molar-refractivity contribution in [3.8, 4) is 12.3 Å². The highest BCUT2D eigenvalue weighted by molar-refractivity contribution is 5.75. The predicted molar refractivity (Wildman–Crippen MR) is 136 cm³/mol. The molecule has 1 aromatic carbocycles. The van der Waals surface area contributed by atoms with Crippen LogP contribution in [0.15, 0.2) is 51.6 Å². The molecule has 4 rings (SSSR count). The summed E-state index contributed by atoms with van der Waals surface area (Å²) in [6, 6.07) is 9.85. The smallest absolute Gasteiger partial charge is 0.333 e. The average molecular weight is 461 g/mol. The summed E-state index contributed by atoms with van der Waals surface area (Å²) in [5.41, 5.74) is 8.38. The molecule has 8 heteroatoms. The van der Waals surface area contributed by atoms with Crippen molar-refractivity contribution >= 4 is 17.1 Å². The topological polar surface area (TPSA) is 91.1 Å². The fraction of sp³-hybridized carbons (Fsp3) is 0.423. The number of rotatable bonds is 7. The second-order valence-corrected chi connectivity index (χ2v) is 9.09. The minimum absolute atomic E-state index is 0.0412. The number of piperidine rings is 1. The zero-order valence-corrected chi connectivity index (χ0v) is 19.9. The van der Waals surface area contributed by atoms with Crippen LogP contribution in [-0.2, 0) is 26.1 Å². The summed E-state index contributed by atoms with van der Waals surface area (Å²) >= 11 is 0. The summed E-state index contributed by atoms with van der Waals surface area (Å²) in [6.07, 6.45) is 10.1. The Kier molecular flexibility index (Phi) is 7.03. The summed E-state index contributed by atoms with van der Waals surface area (Å²) in [4.78, 5) is 34.0. The lowest BCUT2D eigenvalue weighted by atomic mass is 10.1. The van der Waals surface area contributed by atoms with Crippen LogP contribution >= 0.6 is 0 Å². The van der Waals surface area contributed by atoms with Gasteiger partial charge in [0.1, 0.15) is 0 Å². The Balaban J connectivity index is 1.91. The van der Waals surface area contributed by atoms with E-state index >= 15 is 0 Å². The Morgan fingerprint density at radius 3 is 2.65 bits per heavy atom. The second kappa shape index (κ2) is 10.1. The summed E-state index contributed by atoms with van der Waals surface area (Å²) in [5, 5.41) is 0. The van der Waals surface area contributed by atoms with Gasteiger partial charge in [-0.3, -0.25) is 13.9 Å². The van der Waals surface area contributed by atoms with Gasteiger partial charge in [-0.25, -0.2) is 4.79 Å². The highest BCUT2D eigenvalue weighted by atomic mass is 16.2. The first-order chi connectivity index (χ1) is 16.4. The lowest BCUT2D eigenvalue weighted by molar-refractivity contribution is 0.495. The summed E-state index contributed by atoms with van der Waals surface area (Å²) in [7, 11) is 0. The number of terminal acetylenes is 1. The molecule has 1 aliphatic heterocycles. The number of hydrogen-bond acceptors (Lipinski definition) is 5. The molecular weight excluding hydrogens is 428 g/mol. The Morgan fingerprint density at radius 2 is 1.97 bits per heavy atom. The molecular formula is C26H32N6O2. The number of nitrogens with two attached hydrogens (primary N) is 1. The Morgan fingerprint density at radius 1 is 1.21 bits per heavy atom. The highest BCUT2D eigenvalue weighted by Crippen LogP contribution is 2.23. The number of aryl methyl sites for hydroxylation is 1. The van der Waals surface area contributed by atoms with Crippen LogP contribution in [0, 0.1) is 12.3 Å². The van der Waals surface area contributed by atoms with Crippen LogP contribution in [0.4, 0.5) is 5.95 Å². The zero-order chi connectivity index (χ0) is 24.2. The lowest BCUT2D eigenvalue weighted by Crippen LogP contribution is -2.44. The van der Waals surface area contributed by atoms with Gasteiger partial charge in [-0.15, -0.1) is 6.42 Å². The standard InChI is InChI=1S/C26H32N6O2/c1-4-14-31-23-22(24(33)32(26(31)34)17-13-20-9-6-5-7-10-20)30(16-12-19(2)3)25(28-23)29-15-8-11-21(27)18-29/h1,5-7,9-10,12,21H,8,11,13-18,27H2,2-3H3. The number of allylic oxidation sites excluding steroid dienone is 2. The fourth-order valence-corrected chi connectivity index (χ4v) is 4.48. The molecule has 0 bridgehead atoms. The zero-order valence-electron chi connectivity index (χ0n) is 19.9. The van der Waals surface area contributed by atoms with Crippen LogP contribution in [0.5, 0.6) is 0 Å². The molecule has 8 nitrogen and oxygen atoms in total. The number of hydrogen-bond donors (Lipinski definition) is 1. The van der Waals surface area contributed by atoms with E-state index in [4.69, 9.17) is 17.1 Å². The van der Waals surface area contributed by atoms with Gasteiger partial charge >= 0.3 is 5.69 Å². The molecule has 34 heavy (non-hydrogen) atoms. The van der Waals surface area contributed by atoms with Crippen molar-refractivity contribution in [3.05, 3.63) is 68.4 Å². The van der Waals surface area contributed by atoms with E-state index in [1.165, 1.54) is 9.13 Å². The Bertz CT molecular complexity index is 1350. The van der Waals surface area contributed by atoms with E-state index < -0.39 is 5.69 Å². The largest absolute Gasteiger partial charge is 0.341 e. The van der Waals surface area contributed by atoms with Gasteiger partial charge in [-0.1, -0.05) is 47.9 Å². The van der Waals surface area contributed by atoms with E-state index in [2.05, 4.69) is 16.9 Å². The van der Waals surface area contributed by atoms with Gasteiger partial charge in [0.15, 0.2) is 11.2 Å². The van der Waals surface area contributed by atoms with Crippen molar-refractivity contribution in [2.45, 2.75) is 58.8 Å². The van der Waals surface area contributed by atoms with Crippen LogP contribution in [0.3, 0.4) is 0 Å². The molecule has 1 aliphatic rings. The highest BCUT2D eigenvalue weighted by Gasteiger charge is 2.26. The number of nitrogens with zero attached hydrogens (tertiary/aromatic N) is 5. The van der Waals surface area contributed by atoms with Gasteiger partial charge in [0, 0.05) is 32.2 Å². The van der Waals surface area contributed by atoms with Crippen LogP contribution in [0.2, 0.25) is 0 Å². The van der Waals surface area contributed by atoms with Gasteiger partial charge in [0.2, 0.25) is 5.95 Å². The molecule has 0 spiro atoms. The maximum atomic E-state index is 13.7. The number of fused-ring (bicyclic) bond motifs is 1. The Labute approximate surface area is 199 Å². The number of benzene rings is 1. The summed E-state index contributed by atoms with van der Waals surface area (Å²) < 4.78 is 4.64. The van der Waals surface area contributed by atoms with E-state index in [9.17, 15) is 9.59 Å². The van der Waals surface area contributed by atoms with E-state index in [0.717, 1.165) is 30.5 Å². The first-order valence-electron chi connectivity index (χ1n) is 11.8. The molecule has 2 aromatic heterocycles. The molecule has 1 fully saturated rings. The van der Waals surface area contributed by atoms with Crippen molar-refractivity contribution in [2.24, 2.45) is 5.73 Å². The minimum atomic E-state index is -0.430. The molecule has 3 aromatic rings. The second-order valence-electron chi connectivity index (χ2n) is 9.09. The van der Waals surface area contributed by atoms with Crippen LogP contribution in [-0.4, -0.2) is 37.8 Å². The molecule has 3 heterocycles. The van der Waals surface area contributed by atoms with E-state index in [-0.39, 0.29) is 24.7 Å². The molecule has 2 N–H and O–H groups in total. The molecule has 0 saturated carbocycles. The van der Waals surface area contributed by atoms with Gasteiger partial charge in [0.25, 0.3) is 5.56 Å². The maximum Gasteiger partial charge on any atom is 0.333 e. The van der Waals surface area contributed by atoms with Crippen molar-refractivity contribution in [3.63, 3.8) is 0 Å². The van der Waals surface area contributed by atoms with Crippen molar-refractivity contribution in [1.29, 1.82) is 0 Å². The molecule has 0 radical (unpaired) electrons. The van der Waals surface area contributed by atoms with Crippen molar-refractivity contribution in [2.75, 3.05) is 18.0 Å². The van der Waals surface area contributed by atoms with Gasteiger partial charge in [0.05, 0.1) is 6.54 Å². The quantitative estimate of drug-likeness (QED) is 0.431. The molecule has 1 atom stereocenters. The van der Waals surface area contributed by atoms with Gasteiger partial charge in [-0.2, -0.15) is 4.98 Å². The predicted octanol–water partition coefficient (Wildman–Crippen LogP) is 2.13. The van der Waals surface area contributed by atoms with Crippen molar-refractivity contribution < 1.29 is 0 Å². The average Bonchev–Trinajstić information content (AvgIpc) is 3.20. The molecule has 0 amide bonds. The first kappa shape index (κ1) is 23.6. The maximum absolute atomic E-state index is 13.7. The number of aromatic nitrogens is 4. The van der Waals surface area contributed by atoms with E-state index in [1.807, 2.05) is 48.7 Å². The number of imidazole rings is 1. The van der Waals surface area contributed by atoms with Crippen LogP contribution < -0.4 is 21.9 Å². The van der Waals surface area contributed by atoms with E-state index in [0.29, 0.717) is 36.6 Å². The first-order valence-corrected chi connectivity index (χ1v) is 11.8. The van der Waals surface area contributed by atoms with Gasteiger partial charge in [-0.05, 0) is 38.7 Å². The monoisotopic (exact) mass is 460 g/mol. The van der Waals surface area contributed by atoms with Crippen LogP contribution in [0.1, 0.15) is 32.3 Å². The number of anilines is 1. The lowest BCUT2D eigenvalue weighted by Gasteiger charge is -2.31. The SMILES string of the molecule is C#CCn1c(=O)n(CCc2ccccc2)c(=O)c2c1nc(N1CCCC(N)C1)n2CC=C(C)C. The minimum Gasteiger partial charge on any atom is -0.341 e. The molecule has 178 valence electrons.